The molecular weight excluding hydrogens is 312 g/mol. The van der Waals surface area contributed by atoms with Gasteiger partial charge in [0, 0.05) is 24.7 Å². The van der Waals surface area contributed by atoms with E-state index in [0.29, 0.717) is 18.7 Å². The van der Waals surface area contributed by atoms with Crippen molar-refractivity contribution in [2.24, 2.45) is 0 Å². The molecule has 1 aromatic carbocycles. The zero-order valence-electron chi connectivity index (χ0n) is 13.9. The second-order valence-electron chi connectivity index (χ2n) is 6.29. The Hall–Kier alpha value is -1.40. The minimum Gasteiger partial charge on any atom is -0.351 e. The molecule has 0 atom stereocenters. The number of benzene rings is 1. The molecule has 1 aromatic rings. The Kier molecular flexibility index (Phi) is 6.18. The summed E-state index contributed by atoms with van der Waals surface area (Å²) in [7, 11) is -3.25. The van der Waals surface area contributed by atoms with E-state index < -0.39 is 10.0 Å². The maximum Gasteiger partial charge on any atom is 0.251 e. The zero-order valence-corrected chi connectivity index (χ0v) is 14.7. The lowest BCUT2D eigenvalue weighted by atomic mass is 9.95. The van der Waals surface area contributed by atoms with Crippen LogP contribution in [0.15, 0.2) is 24.3 Å². The fourth-order valence-corrected chi connectivity index (χ4v) is 4.33. The van der Waals surface area contributed by atoms with E-state index in [2.05, 4.69) is 5.32 Å². The summed E-state index contributed by atoms with van der Waals surface area (Å²) in [5, 5.41) is 2.82. The lowest BCUT2D eigenvalue weighted by Gasteiger charge is -2.32. The molecule has 1 aliphatic rings. The average Bonchev–Trinajstić information content (AvgIpc) is 2.51. The summed E-state index contributed by atoms with van der Waals surface area (Å²) in [6.07, 6.45) is 6.42. The quantitative estimate of drug-likeness (QED) is 0.865. The molecule has 1 N–H and O–H groups in total. The highest BCUT2D eigenvalue weighted by molar-refractivity contribution is 7.88. The van der Waals surface area contributed by atoms with Crippen molar-refractivity contribution in [2.45, 2.75) is 45.1 Å². The number of amides is 1. The molecule has 0 saturated heterocycles. The topological polar surface area (TPSA) is 66.5 Å². The van der Waals surface area contributed by atoms with Gasteiger partial charge in [-0.15, -0.1) is 0 Å². The SMILES string of the molecule is Cc1cccc(C(=O)NCCN(C2CCCCC2)S(C)(=O)=O)c1. The number of sulfonamides is 1. The molecule has 0 bridgehead atoms. The Balaban J connectivity index is 1.92. The van der Waals surface area contributed by atoms with Crippen molar-refractivity contribution < 1.29 is 13.2 Å². The zero-order chi connectivity index (χ0) is 16.9. The van der Waals surface area contributed by atoms with Gasteiger partial charge in [-0.2, -0.15) is 4.31 Å². The third-order valence-corrected chi connectivity index (χ3v) is 5.64. The summed E-state index contributed by atoms with van der Waals surface area (Å²) >= 11 is 0. The third-order valence-electron chi connectivity index (χ3n) is 4.31. The van der Waals surface area contributed by atoms with Crippen LogP contribution in [0.3, 0.4) is 0 Å². The summed E-state index contributed by atoms with van der Waals surface area (Å²) in [6.45, 7) is 2.60. The van der Waals surface area contributed by atoms with E-state index >= 15 is 0 Å². The Morgan fingerprint density at radius 3 is 2.57 bits per heavy atom. The first kappa shape index (κ1) is 17.9. The normalized spacial score (nSPS) is 16.5. The van der Waals surface area contributed by atoms with Gasteiger partial charge in [-0.1, -0.05) is 37.0 Å². The summed E-state index contributed by atoms with van der Waals surface area (Å²) in [5.41, 5.74) is 1.63. The van der Waals surface area contributed by atoms with Crippen molar-refractivity contribution >= 4 is 15.9 Å². The number of rotatable bonds is 6. The molecule has 23 heavy (non-hydrogen) atoms. The van der Waals surface area contributed by atoms with Crippen LogP contribution in [0.2, 0.25) is 0 Å². The fraction of sp³-hybridized carbons (Fsp3) is 0.588. The third kappa shape index (κ3) is 5.32. The molecule has 5 nitrogen and oxygen atoms in total. The smallest absolute Gasteiger partial charge is 0.251 e. The van der Waals surface area contributed by atoms with Gasteiger partial charge in [0.1, 0.15) is 0 Å². The van der Waals surface area contributed by atoms with Gasteiger partial charge in [-0.25, -0.2) is 8.42 Å². The Morgan fingerprint density at radius 2 is 1.96 bits per heavy atom. The molecule has 0 heterocycles. The molecule has 0 aromatic heterocycles. The number of hydrogen-bond acceptors (Lipinski definition) is 3. The van der Waals surface area contributed by atoms with Gasteiger partial charge in [0.25, 0.3) is 5.91 Å². The van der Waals surface area contributed by atoms with Crippen LogP contribution in [-0.4, -0.2) is 44.0 Å². The highest BCUT2D eigenvalue weighted by atomic mass is 32.2. The van der Waals surface area contributed by atoms with Crippen LogP contribution < -0.4 is 5.32 Å². The van der Waals surface area contributed by atoms with Crippen LogP contribution >= 0.6 is 0 Å². The molecule has 128 valence electrons. The van der Waals surface area contributed by atoms with Crippen LogP contribution in [0.1, 0.15) is 48.0 Å². The van der Waals surface area contributed by atoms with Crippen molar-refractivity contribution in [3.05, 3.63) is 35.4 Å². The largest absolute Gasteiger partial charge is 0.351 e. The van der Waals surface area contributed by atoms with Gasteiger partial charge in [-0.05, 0) is 31.9 Å². The summed E-state index contributed by atoms with van der Waals surface area (Å²) in [6, 6.07) is 7.44. The summed E-state index contributed by atoms with van der Waals surface area (Å²) < 4.78 is 25.6. The lowest BCUT2D eigenvalue weighted by Crippen LogP contribution is -2.45. The molecule has 0 spiro atoms. The number of carbonyl (C=O) groups is 1. The van der Waals surface area contributed by atoms with Crippen molar-refractivity contribution in [2.75, 3.05) is 19.3 Å². The second kappa shape index (κ2) is 7.93. The van der Waals surface area contributed by atoms with Gasteiger partial charge < -0.3 is 5.32 Å². The minimum atomic E-state index is -3.25. The fourth-order valence-electron chi connectivity index (χ4n) is 3.16. The Morgan fingerprint density at radius 1 is 1.26 bits per heavy atom. The number of aryl methyl sites for hydroxylation is 1. The first-order chi connectivity index (χ1) is 10.9. The molecule has 6 heteroatoms. The first-order valence-corrected chi connectivity index (χ1v) is 10.0. The highest BCUT2D eigenvalue weighted by Gasteiger charge is 2.27. The Bertz CT molecular complexity index is 637. The standard InChI is InChI=1S/C17H26N2O3S/c1-14-7-6-8-15(13-14)17(20)18-11-12-19(23(2,21)22)16-9-4-3-5-10-16/h6-8,13,16H,3-5,9-12H2,1-2H3,(H,18,20). The van der Waals surface area contributed by atoms with Gasteiger partial charge in [0.2, 0.25) is 10.0 Å². The lowest BCUT2D eigenvalue weighted by molar-refractivity contribution is 0.0949. The van der Waals surface area contributed by atoms with Crippen molar-refractivity contribution in [1.29, 1.82) is 0 Å². The molecule has 1 saturated carbocycles. The second-order valence-corrected chi connectivity index (χ2v) is 8.23. The summed E-state index contributed by atoms with van der Waals surface area (Å²) in [5.74, 6) is -0.161. The van der Waals surface area contributed by atoms with Gasteiger partial charge in [0.15, 0.2) is 0 Å². The minimum absolute atomic E-state index is 0.0784. The molecule has 0 unspecified atom stereocenters. The molecule has 1 aliphatic carbocycles. The molecule has 0 aliphatic heterocycles. The predicted molar refractivity (Wildman–Crippen MR) is 91.9 cm³/mol. The predicted octanol–water partition coefficient (Wildman–Crippen LogP) is 2.32. The monoisotopic (exact) mass is 338 g/mol. The van der Waals surface area contributed by atoms with Gasteiger partial charge in [-0.3, -0.25) is 4.79 Å². The van der Waals surface area contributed by atoms with E-state index in [1.165, 1.54) is 12.7 Å². The average molecular weight is 338 g/mol. The highest BCUT2D eigenvalue weighted by Crippen LogP contribution is 2.24. The molecule has 2 rings (SSSR count). The number of carbonyl (C=O) groups excluding carboxylic acids is 1. The van der Waals surface area contributed by atoms with Crippen LogP contribution in [0, 0.1) is 6.92 Å². The number of nitrogens with one attached hydrogen (secondary N) is 1. The van der Waals surface area contributed by atoms with Gasteiger partial charge >= 0.3 is 0 Å². The van der Waals surface area contributed by atoms with E-state index in [4.69, 9.17) is 0 Å². The van der Waals surface area contributed by atoms with Crippen molar-refractivity contribution in [3.8, 4) is 0 Å². The van der Waals surface area contributed by atoms with E-state index in [1.54, 1.807) is 10.4 Å². The van der Waals surface area contributed by atoms with E-state index in [0.717, 1.165) is 31.2 Å². The van der Waals surface area contributed by atoms with E-state index in [-0.39, 0.29) is 11.9 Å². The van der Waals surface area contributed by atoms with Crippen LogP contribution in [0.4, 0.5) is 0 Å². The van der Waals surface area contributed by atoms with Crippen LogP contribution in [0.5, 0.6) is 0 Å². The summed E-state index contributed by atoms with van der Waals surface area (Å²) in [4.78, 5) is 12.1. The van der Waals surface area contributed by atoms with Crippen molar-refractivity contribution in [3.63, 3.8) is 0 Å². The van der Waals surface area contributed by atoms with Gasteiger partial charge in [0.05, 0.1) is 6.26 Å². The molecule has 1 fully saturated rings. The maximum absolute atomic E-state index is 12.1. The van der Waals surface area contributed by atoms with Crippen LogP contribution in [0.25, 0.3) is 0 Å². The number of hydrogen-bond donors (Lipinski definition) is 1. The van der Waals surface area contributed by atoms with E-state index in [9.17, 15) is 13.2 Å². The number of nitrogens with zero attached hydrogens (tertiary/aromatic N) is 1. The van der Waals surface area contributed by atoms with Crippen LogP contribution in [-0.2, 0) is 10.0 Å². The molecule has 0 radical (unpaired) electrons. The maximum atomic E-state index is 12.1. The van der Waals surface area contributed by atoms with Crippen molar-refractivity contribution in [1.82, 2.24) is 9.62 Å². The molecule has 1 amide bonds. The molecular formula is C17H26N2O3S. The first-order valence-electron chi connectivity index (χ1n) is 8.19. The van der Waals surface area contributed by atoms with E-state index in [1.807, 2.05) is 25.1 Å². The Labute approximate surface area is 139 Å².